The van der Waals surface area contributed by atoms with Crippen molar-refractivity contribution >= 4 is 12.0 Å². The molecule has 0 radical (unpaired) electrons. The number of benzene rings is 1. The van der Waals surface area contributed by atoms with Gasteiger partial charge in [0.1, 0.15) is 11.8 Å². The van der Waals surface area contributed by atoms with E-state index in [2.05, 4.69) is 0 Å². The highest BCUT2D eigenvalue weighted by molar-refractivity contribution is 5.89. The van der Waals surface area contributed by atoms with Crippen molar-refractivity contribution in [1.82, 2.24) is 0 Å². The molecule has 0 fully saturated rings. The highest BCUT2D eigenvalue weighted by atomic mass is 16.5. The van der Waals surface area contributed by atoms with Crippen molar-refractivity contribution in [3.8, 4) is 11.8 Å². The largest absolute Gasteiger partial charge is 0.544 e. The number of aliphatic carboxylic acids is 1. The van der Waals surface area contributed by atoms with Gasteiger partial charge >= 0.3 is 0 Å². The van der Waals surface area contributed by atoms with Gasteiger partial charge in [0.2, 0.25) is 0 Å². The number of carboxylic acids is 1. The third kappa shape index (κ3) is 3.50. The van der Waals surface area contributed by atoms with Crippen LogP contribution in [0.2, 0.25) is 0 Å². The summed E-state index contributed by atoms with van der Waals surface area (Å²) in [5.74, 6) is -0.818. The molecule has 86 valence electrons. The van der Waals surface area contributed by atoms with E-state index < -0.39 is 11.5 Å². The normalized spacial score (nSPS) is 11.2. The fourth-order valence-electron chi connectivity index (χ4n) is 1.20. The molecule has 1 aromatic rings. The SMILES string of the molecule is COc1ccccc1/C=C/C=C(\C#N)C(=O)[O-]. The van der Waals surface area contributed by atoms with Gasteiger partial charge in [0.15, 0.2) is 0 Å². The number of para-hydroxylation sites is 1. The van der Waals surface area contributed by atoms with Gasteiger partial charge in [-0.1, -0.05) is 30.4 Å². The summed E-state index contributed by atoms with van der Waals surface area (Å²) in [6.07, 6.45) is 4.30. The summed E-state index contributed by atoms with van der Waals surface area (Å²) in [5, 5.41) is 18.9. The van der Waals surface area contributed by atoms with E-state index in [1.807, 2.05) is 18.2 Å². The minimum absolute atomic E-state index is 0.420. The summed E-state index contributed by atoms with van der Waals surface area (Å²) in [6, 6.07) is 8.79. The lowest BCUT2D eigenvalue weighted by molar-refractivity contribution is -0.298. The van der Waals surface area contributed by atoms with Gasteiger partial charge in [-0.2, -0.15) is 5.26 Å². The molecule has 0 saturated carbocycles. The molecule has 0 bridgehead atoms. The Balaban J connectivity index is 2.92. The van der Waals surface area contributed by atoms with Gasteiger partial charge in [-0.05, 0) is 12.1 Å². The Bertz CT molecular complexity index is 510. The topological polar surface area (TPSA) is 73.1 Å². The van der Waals surface area contributed by atoms with Gasteiger partial charge in [-0.25, -0.2) is 0 Å². The fraction of sp³-hybridized carbons (Fsp3) is 0.0769. The molecule has 1 rings (SSSR count). The van der Waals surface area contributed by atoms with E-state index in [4.69, 9.17) is 10.00 Å². The van der Waals surface area contributed by atoms with E-state index >= 15 is 0 Å². The highest BCUT2D eigenvalue weighted by Gasteiger charge is 1.96. The summed E-state index contributed by atoms with van der Waals surface area (Å²) in [7, 11) is 1.55. The summed E-state index contributed by atoms with van der Waals surface area (Å²) >= 11 is 0. The molecule has 4 nitrogen and oxygen atoms in total. The second-order valence-corrected chi connectivity index (χ2v) is 3.08. The zero-order valence-corrected chi connectivity index (χ0v) is 9.21. The molecule has 0 heterocycles. The first-order chi connectivity index (χ1) is 8.19. The van der Waals surface area contributed by atoms with Crippen LogP contribution in [0.4, 0.5) is 0 Å². The number of rotatable bonds is 4. The number of allylic oxidation sites excluding steroid dienone is 2. The number of nitriles is 1. The van der Waals surface area contributed by atoms with E-state index in [-0.39, 0.29) is 0 Å². The molecule has 0 aromatic heterocycles. The summed E-state index contributed by atoms with van der Waals surface area (Å²) in [4.78, 5) is 10.4. The lowest BCUT2D eigenvalue weighted by Crippen LogP contribution is -2.23. The molecule has 0 amide bonds. The van der Waals surface area contributed by atoms with E-state index in [1.165, 1.54) is 18.2 Å². The van der Waals surface area contributed by atoms with Gasteiger partial charge in [0.25, 0.3) is 0 Å². The van der Waals surface area contributed by atoms with Gasteiger partial charge in [-0.3, -0.25) is 0 Å². The van der Waals surface area contributed by atoms with Crippen molar-refractivity contribution in [3.63, 3.8) is 0 Å². The lowest BCUT2D eigenvalue weighted by Gasteiger charge is -2.02. The molecular formula is C13H10NO3-. The number of carboxylic acid groups (broad SMARTS) is 1. The molecule has 0 aliphatic carbocycles. The predicted octanol–water partition coefficient (Wildman–Crippen LogP) is 0.908. The third-order valence-electron chi connectivity index (χ3n) is 2.02. The van der Waals surface area contributed by atoms with Crippen LogP contribution in [0, 0.1) is 11.3 Å². The Morgan fingerprint density at radius 3 is 2.76 bits per heavy atom. The van der Waals surface area contributed by atoms with Crippen LogP contribution in [0.5, 0.6) is 5.75 Å². The van der Waals surface area contributed by atoms with E-state index in [0.717, 1.165) is 5.56 Å². The first-order valence-electron chi connectivity index (χ1n) is 4.82. The molecule has 0 atom stereocenters. The molecule has 4 heteroatoms. The van der Waals surface area contributed by atoms with Crippen LogP contribution in [0.1, 0.15) is 5.56 Å². The second-order valence-electron chi connectivity index (χ2n) is 3.08. The maximum Gasteiger partial charge on any atom is 0.126 e. The Labute approximate surface area is 99.1 Å². The Hall–Kier alpha value is -2.54. The molecule has 0 aliphatic rings. The highest BCUT2D eigenvalue weighted by Crippen LogP contribution is 2.18. The fourth-order valence-corrected chi connectivity index (χ4v) is 1.20. The van der Waals surface area contributed by atoms with Gasteiger partial charge in [0, 0.05) is 5.56 Å². The quantitative estimate of drug-likeness (QED) is 0.436. The third-order valence-corrected chi connectivity index (χ3v) is 2.02. The maximum absolute atomic E-state index is 10.4. The van der Waals surface area contributed by atoms with Crippen LogP contribution in [0.25, 0.3) is 6.08 Å². The number of carbonyl (C=O) groups excluding carboxylic acids is 1. The smallest absolute Gasteiger partial charge is 0.126 e. The van der Waals surface area contributed by atoms with E-state index in [9.17, 15) is 9.90 Å². The van der Waals surface area contributed by atoms with Gasteiger partial charge in [-0.15, -0.1) is 0 Å². The van der Waals surface area contributed by atoms with Crippen molar-refractivity contribution in [1.29, 1.82) is 5.26 Å². The standard InChI is InChI=1S/C13H11NO3/c1-17-12-8-3-2-5-10(12)6-4-7-11(9-14)13(15)16/h2-8H,1H3,(H,15,16)/p-1/b6-4+,11-7+. The first-order valence-corrected chi connectivity index (χ1v) is 4.82. The molecule has 0 spiro atoms. The maximum atomic E-state index is 10.4. The molecule has 0 aliphatic heterocycles. The zero-order chi connectivity index (χ0) is 12.7. The van der Waals surface area contributed by atoms with E-state index in [1.54, 1.807) is 19.3 Å². The van der Waals surface area contributed by atoms with E-state index in [0.29, 0.717) is 5.75 Å². The van der Waals surface area contributed by atoms with Crippen LogP contribution in [0.3, 0.4) is 0 Å². The monoisotopic (exact) mass is 228 g/mol. The van der Waals surface area contributed by atoms with Crippen LogP contribution >= 0.6 is 0 Å². The summed E-state index contributed by atoms with van der Waals surface area (Å²) in [6.45, 7) is 0. The number of methoxy groups -OCH3 is 1. The van der Waals surface area contributed by atoms with Crippen molar-refractivity contribution in [2.24, 2.45) is 0 Å². The Morgan fingerprint density at radius 2 is 2.18 bits per heavy atom. The number of nitrogens with zero attached hydrogens (tertiary/aromatic N) is 1. The average Bonchev–Trinajstić information content (AvgIpc) is 2.34. The van der Waals surface area contributed by atoms with Crippen LogP contribution < -0.4 is 9.84 Å². The molecule has 17 heavy (non-hydrogen) atoms. The number of ether oxygens (including phenoxy) is 1. The van der Waals surface area contributed by atoms with Crippen molar-refractivity contribution in [3.05, 3.63) is 47.6 Å². The van der Waals surface area contributed by atoms with Gasteiger partial charge in [0.05, 0.1) is 18.7 Å². The average molecular weight is 228 g/mol. The van der Waals surface area contributed by atoms with Gasteiger partial charge < -0.3 is 14.6 Å². The molecule has 0 saturated heterocycles. The lowest BCUT2D eigenvalue weighted by atomic mass is 10.1. The first kappa shape index (κ1) is 12.5. The summed E-state index contributed by atoms with van der Waals surface area (Å²) < 4.78 is 5.11. The molecular weight excluding hydrogens is 218 g/mol. The number of hydrogen-bond donors (Lipinski definition) is 0. The Morgan fingerprint density at radius 1 is 1.47 bits per heavy atom. The number of carbonyl (C=O) groups is 1. The van der Waals surface area contributed by atoms with Crippen molar-refractivity contribution in [2.75, 3.05) is 7.11 Å². The second kappa shape index (κ2) is 6.13. The molecule has 0 unspecified atom stereocenters. The zero-order valence-electron chi connectivity index (χ0n) is 9.21. The van der Waals surface area contributed by atoms with Crippen molar-refractivity contribution in [2.45, 2.75) is 0 Å². The number of hydrogen-bond acceptors (Lipinski definition) is 4. The van der Waals surface area contributed by atoms with Crippen LogP contribution in [0.15, 0.2) is 42.0 Å². The predicted molar refractivity (Wildman–Crippen MR) is 60.7 cm³/mol. The molecule has 1 aromatic carbocycles. The van der Waals surface area contributed by atoms with Crippen molar-refractivity contribution < 1.29 is 14.6 Å². The minimum atomic E-state index is -1.49. The minimum Gasteiger partial charge on any atom is -0.544 e. The summed E-state index contributed by atoms with van der Waals surface area (Å²) in [5.41, 5.74) is 0.373. The molecule has 0 N–H and O–H groups in total. The van der Waals surface area contributed by atoms with Crippen LogP contribution in [-0.4, -0.2) is 13.1 Å². The van der Waals surface area contributed by atoms with Crippen LogP contribution in [-0.2, 0) is 4.79 Å². The Kier molecular flexibility index (Phi) is 4.52.